The number of hydrogen-bond acceptors (Lipinski definition) is 7. The molecule has 1 N–H and O–H groups in total. The average Bonchev–Trinajstić information content (AvgIpc) is 3.48. The fourth-order valence-electron chi connectivity index (χ4n) is 3.49. The van der Waals surface area contributed by atoms with E-state index < -0.39 is 0 Å². The van der Waals surface area contributed by atoms with E-state index in [9.17, 15) is 5.26 Å². The molecular formula is C27H28N6O2. The number of hydrazone groups is 1. The molecule has 0 radical (unpaired) electrons. The molecule has 8 heteroatoms. The highest BCUT2D eigenvalue weighted by Crippen LogP contribution is 2.28. The minimum absolute atomic E-state index is 0.0600. The number of ether oxygens (including phenoxy) is 1. The fraction of sp³-hybridized carbons (Fsp3) is 0.259. The predicted octanol–water partition coefficient (Wildman–Crippen LogP) is 6.07. The molecule has 0 aliphatic heterocycles. The zero-order valence-electron chi connectivity index (χ0n) is 20.3. The van der Waals surface area contributed by atoms with Crippen LogP contribution in [-0.4, -0.2) is 27.6 Å². The molecule has 8 nitrogen and oxygen atoms in total. The number of aryl methyl sites for hydroxylation is 1. The van der Waals surface area contributed by atoms with Crippen LogP contribution in [0.25, 0.3) is 16.9 Å². The first-order valence-corrected chi connectivity index (χ1v) is 11.6. The van der Waals surface area contributed by atoms with Crippen LogP contribution in [-0.2, 0) is 0 Å². The third kappa shape index (κ3) is 5.41. The number of oxazole rings is 1. The van der Waals surface area contributed by atoms with E-state index in [0.717, 1.165) is 40.2 Å². The van der Waals surface area contributed by atoms with Gasteiger partial charge in [0.1, 0.15) is 17.5 Å². The minimum atomic E-state index is 0.0600. The second kappa shape index (κ2) is 10.7. The van der Waals surface area contributed by atoms with Crippen molar-refractivity contribution in [2.24, 2.45) is 5.10 Å². The Kier molecular flexibility index (Phi) is 7.27. The summed E-state index contributed by atoms with van der Waals surface area (Å²) < 4.78 is 13.3. The van der Waals surface area contributed by atoms with Crippen LogP contribution >= 0.6 is 0 Å². The van der Waals surface area contributed by atoms with Gasteiger partial charge in [0.05, 0.1) is 18.5 Å². The summed E-state index contributed by atoms with van der Waals surface area (Å²) in [4.78, 5) is 4.21. The number of anilines is 1. The van der Waals surface area contributed by atoms with Crippen LogP contribution in [0.15, 0.2) is 64.2 Å². The van der Waals surface area contributed by atoms with E-state index in [4.69, 9.17) is 14.3 Å². The summed E-state index contributed by atoms with van der Waals surface area (Å²) in [6.07, 6.45) is 4.53. The van der Waals surface area contributed by atoms with Gasteiger partial charge in [-0.15, -0.1) is 0 Å². The number of para-hydroxylation sites is 1. The smallest absolute Gasteiger partial charge is 0.252 e. The summed E-state index contributed by atoms with van der Waals surface area (Å²) in [6.45, 7) is 8.69. The highest BCUT2D eigenvalue weighted by Gasteiger charge is 2.16. The summed E-state index contributed by atoms with van der Waals surface area (Å²) in [7, 11) is 0. The van der Waals surface area contributed by atoms with Gasteiger partial charge in [0.2, 0.25) is 11.6 Å². The normalized spacial score (nSPS) is 11.2. The van der Waals surface area contributed by atoms with E-state index in [1.54, 1.807) is 6.21 Å². The number of rotatable bonds is 9. The van der Waals surface area contributed by atoms with Crippen molar-refractivity contribution < 1.29 is 9.15 Å². The first-order chi connectivity index (χ1) is 17.0. The summed E-state index contributed by atoms with van der Waals surface area (Å²) in [5.41, 5.74) is 7.47. The summed E-state index contributed by atoms with van der Waals surface area (Å²) >= 11 is 0. The minimum Gasteiger partial charge on any atom is -0.493 e. The Morgan fingerprint density at radius 1 is 1.23 bits per heavy atom. The lowest BCUT2D eigenvalue weighted by atomic mass is 10.1. The standard InChI is InChI=1S/C27H28N6O2/c1-5-13-34-24-12-11-20(14-19(24)4)25-21(17-33(32-25)22-9-7-6-8-10-22)16-29-31-27-23(15-28)30-26(35-27)18(2)3/h6-12,14,16-18,31H,5,13H2,1-4H3/b29-16+. The lowest BCUT2D eigenvalue weighted by Crippen LogP contribution is -1.98. The summed E-state index contributed by atoms with van der Waals surface area (Å²) in [5.74, 6) is 1.63. The van der Waals surface area contributed by atoms with Crippen molar-refractivity contribution in [2.75, 3.05) is 12.0 Å². The Morgan fingerprint density at radius 3 is 2.71 bits per heavy atom. The topological polar surface area (TPSA) is 101 Å². The number of nitrogens with zero attached hydrogens (tertiary/aromatic N) is 5. The Morgan fingerprint density at radius 2 is 2.03 bits per heavy atom. The zero-order valence-corrected chi connectivity index (χ0v) is 20.3. The molecule has 0 aliphatic carbocycles. The van der Waals surface area contributed by atoms with Gasteiger partial charge >= 0.3 is 0 Å². The van der Waals surface area contributed by atoms with Crippen molar-refractivity contribution >= 4 is 12.1 Å². The van der Waals surface area contributed by atoms with Gasteiger partial charge in [-0.1, -0.05) is 39.0 Å². The molecule has 178 valence electrons. The van der Waals surface area contributed by atoms with Crippen molar-refractivity contribution in [3.05, 3.63) is 77.4 Å². The van der Waals surface area contributed by atoms with Crippen molar-refractivity contribution in [1.29, 1.82) is 5.26 Å². The molecule has 2 aromatic heterocycles. The van der Waals surface area contributed by atoms with Gasteiger partial charge < -0.3 is 9.15 Å². The number of nitriles is 1. The van der Waals surface area contributed by atoms with E-state index in [1.807, 2.05) is 80.2 Å². The van der Waals surface area contributed by atoms with Gasteiger partial charge in [-0.05, 0) is 49.2 Å². The molecule has 0 bridgehead atoms. The van der Waals surface area contributed by atoms with Gasteiger partial charge in [0.15, 0.2) is 0 Å². The SMILES string of the molecule is CCCOc1ccc(-c2nn(-c3ccccc3)cc2/C=N/Nc2oc(C(C)C)nc2C#N)cc1C. The molecule has 0 saturated carbocycles. The molecule has 0 saturated heterocycles. The van der Waals surface area contributed by atoms with Gasteiger partial charge in [0.25, 0.3) is 5.88 Å². The van der Waals surface area contributed by atoms with Gasteiger partial charge in [-0.2, -0.15) is 15.5 Å². The highest BCUT2D eigenvalue weighted by atomic mass is 16.5. The summed E-state index contributed by atoms with van der Waals surface area (Å²) in [5, 5.41) is 18.5. The molecule has 2 heterocycles. The van der Waals surface area contributed by atoms with Crippen LogP contribution < -0.4 is 10.2 Å². The van der Waals surface area contributed by atoms with Crippen molar-refractivity contribution in [3.63, 3.8) is 0 Å². The molecule has 35 heavy (non-hydrogen) atoms. The van der Waals surface area contributed by atoms with E-state index in [0.29, 0.717) is 12.5 Å². The molecular weight excluding hydrogens is 440 g/mol. The number of aromatic nitrogens is 3. The van der Waals surface area contributed by atoms with Crippen molar-refractivity contribution in [3.8, 4) is 28.8 Å². The van der Waals surface area contributed by atoms with Crippen LogP contribution in [0.1, 0.15) is 55.8 Å². The molecule has 0 spiro atoms. The largest absolute Gasteiger partial charge is 0.493 e. The van der Waals surface area contributed by atoms with Crippen LogP contribution in [0.3, 0.4) is 0 Å². The van der Waals surface area contributed by atoms with E-state index in [2.05, 4.69) is 28.5 Å². The average molecular weight is 469 g/mol. The third-order valence-electron chi connectivity index (χ3n) is 5.29. The first kappa shape index (κ1) is 23.8. The molecule has 0 unspecified atom stereocenters. The fourth-order valence-corrected chi connectivity index (χ4v) is 3.49. The lowest BCUT2D eigenvalue weighted by molar-refractivity contribution is 0.315. The van der Waals surface area contributed by atoms with Gasteiger partial charge in [0, 0.05) is 23.2 Å². The molecule has 0 fully saturated rings. The molecule has 0 atom stereocenters. The van der Waals surface area contributed by atoms with Gasteiger partial charge in [-0.3, -0.25) is 0 Å². The van der Waals surface area contributed by atoms with Crippen LogP contribution in [0, 0.1) is 18.3 Å². The van der Waals surface area contributed by atoms with Crippen LogP contribution in [0.5, 0.6) is 5.75 Å². The quantitative estimate of drug-likeness (QED) is 0.236. The Balaban J connectivity index is 1.68. The summed E-state index contributed by atoms with van der Waals surface area (Å²) in [6, 6.07) is 18.0. The molecule has 4 rings (SSSR count). The van der Waals surface area contributed by atoms with E-state index in [-0.39, 0.29) is 17.5 Å². The molecule has 4 aromatic rings. The zero-order chi connectivity index (χ0) is 24.8. The number of nitrogens with one attached hydrogen (secondary N) is 1. The van der Waals surface area contributed by atoms with E-state index >= 15 is 0 Å². The molecule has 0 aliphatic rings. The Labute approximate surface area is 204 Å². The third-order valence-corrected chi connectivity index (χ3v) is 5.29. The first-order valence-electron chi connectivity index (χ1n) is 11.6. The Bertz CT molecular complexity index is 1360. The highest BCUT2D eigenvalue weighted by molar-refractivity contribution is 5.89. The predicted molar refractivity (Wildman–Crippen MR) is 136 cm³/mol. The second-order valence-electron chi connectivity index (χ2n) is 8.41. The Hall–Kier alpha value is -4.38. The molecule has 2 aromatic carbocycles. The maximum absolute atomic E-state index is 9.37. The van der Waals surface area contributed by atoms with Crippen molar-refractivity contribution in [1.82, 2.24) is 14.8 Å². The van der Waals surface area contributed by atoms with E-state index in [1.165, 1.54) is 0 Å². The molecule has 0 amide bonds. The van der Waals surface area contributed by atoms with Gasteiger partial charge in [-0.25, -0.2) is 15.1 Å². The van der Waals surface area contributed by atoms with Crippen LogP contribution in [0.2, 0.25) is 0 Å². The number of benzene rings is 2. The lowest BCUT2D eigenvalue weighted by Gasteiger charge is -2.09. The van der Waals surface area contributed by atoms with Crippen LogP contribution in [0.4, 0.5) is 5.88 Å². The second-order valence-corrected chi connectivity index (χ2v) is 8.41. The number of hydrogen-bond donors (Lipinski definition) is 1. The maximum Gasteiger partial charge on any atom is 0.252 e. The van der Waals surface area contributed by atoms with Crippen molar-refractivity contribution in [2.45, 2.75) is 40.0 Å². The monoisotopic (exact) mass is 468 g/mol. The maximum atomic E-state index is 9.37.